The number of phenolic OH excluding ortho intramolecular Hbond substituents is 1. The molecule has 1 aromatic carbocycles. The molecule has 0 spiro atoms. The van der Waals surface area contributed by atoms with Gasteiger partial charge in [-0.15, -0.1) is 0 Å². The van der Waals surface area contributed by atoms with Gasteiger partial charge >= 0.3 is 0 Å². The van der Waals surface area contributed by atoms with Crippen molar-refractivity contribution < 1.29 is 9.90 Å². The average molecular weight is 339 g/mol. The summed E-state index contributed by atoms with van der Waals surface area (Å²) in [6.07, 6.45) is 7.54. The number of amides is 1. The zero-order valence-electron chi connectivity index (χ0n) is 15.2. The number of aryl methyl sites for hydroxylation is 2. The number of aliphatic imine (C=N–C) groups is 1. The summed E-state index contributed by atoms with van der Waals surface area (Å²) in [6.45, 7) is 5.78. The van der Waals surface area contributed by atoms with Gasteiger partial charge in [0.2, 0.25) is 5.91 Å². The smallest absolute Gasteiger partial charge is 0.231 e. The largest absolute Gasteiger partial charge is 0.507 e. The quantitative estimate of drug-likeness (QED) is 0.869. The third-order valence-electron chi connectivity index (χ3n) is 5.21. The van der Waals surface area contributed by atoms with E-state index in [-0.39, 0.29) is 17.8 Å². The topological polar surface area (TPSA) is 78.9 Å². The van der Waals surface area contributed by atoms with Crippen molar-refractivity contribution in [2.24, 2.45) is 10.7 Å². The SMILES string of the molecule is Cc1cc(C2C=C(C3(C)CC(=O)N(C)C(N)=N3)C=CC2)cc(C)c1O. The van der Waals surface area contributed by atoms with Crippen LogP contribution >= 0.6 is 0 Å². The number of benzene rings is 1. The highest BCUT2D eigenvalue weighted by Gasteiger charge is 2.37. The minimum absolute atomic E-state index is 0.0252. The second-order valence-corrected chi connectivity index (χ2v) is 7.24. The highest BCUT2D eigenvalue weighted by Crippen LogP contribution is 2.38. The van der Waals surface area contributed by atoms with E-state index in [4.69, 9.17) is 5.73 Å². The van der Waals surface area contributed by atoms with Crippen LogP contribution in [0.3, 0.4) is 0 Å². The number of nitrogens with zero attached hydrogens (tertiary/aromatic N) is 2. The molecule has 0 fully saturated rings. The van der Waals surface area contributed by atoms with Gasteiger partial charge in [-0.25, -0.2) is 4.99 Å². The molecule has 0 saturated heterocycles. The summed E-state index contributed by atoms with van der Waals surface area (Å²) in [7, 11) is 1.65. The lowest BCUT2D eigenvalue weighted by atomic mass is 9.79. The van der Waals surface area contributed by atoms with E-state index in [0.717, 1.165) is 28.7 Å². The van der Waals surface area contributed by atoms with E-state index < -0.39 is 5.54 Å². The highest BCUT2D eigenvalue weighted by molar-refractivity contribution is 5.99. The first kappa shape index (κ1) is 17.3. The van der Waals surface area contributed by atoms with E-state index in [1.54, 1.807) is 7.05 Å². The molecule has 5 nitrogen and oxygen atoms in total. The van der Waals surface area contributed by atoms with E-state index in [9.17, 15) is 9.90 Å². The molecule has 1 heterocycles. The van der Waals surface area contributed by atoms with Gasteiger partial charge in [-0.2, -0.15) is 0 Å². The van der Waals surface area contributed by atoms with E-state index in [2.05, 4.69) is 17.1 Å². The molecule has 3 N–H and O–H groups in total. The van der Waals surface area contributed by atoms with Crippen LogP contribution in [0.2, 0.25) is 0 Å². The molecule has 2 aliphatic rings. The van der Waals surface area contributed by atoms with Gasteiger partial charge in [0.25, 0.3) is 0 Å². The fourth-order valence-corrected chi connectivity index (χ4v) is 3.55. The Balaban J connectivity index is 1.99. The predicted octanol–water partition coefficient (Wildman–Crippen LogP) is 2.91. The van der Waals surface area contributed by atoms with Gasteiger partial charge in [0.05, 0.1) is 12.0 Å². The molecule has 0 saturated carbocycles. The van der Waals surface area contributed by atoms with E-state index in [1.807, 2.05) is 39.0 Å². The van der Waals surface area contributed by atoms with Crippen molar-refractivity contribution in [3.8, 4) is 5.75 Å². The zero-order valence-corrected chi connectivity index (χ0v) is 15.2. The van der Waals surface area contributed by atoms with Crippen molar-refractivity contribution in [2.75, 3.05) is 7.05 Å². The molecule has 0 aromatic heterocycles. The van der Waals surface area contributed by atoms with Crippen LogP contribution in [0.15, 0.2) is 40.9 Å². The fraction of sp³-hybridized carbons (Fsp3) is 0.400. The van der Waals surface area contributed by atoms with Gasteiger partial charge in [0, 0.05) is 13.0 Å². The van der Waals surface area contributed by atoms with Gasteiger partial charge in [-0.1, -0.05) is 30.4 Å². The normalized spacial score (nSPS) is 26.5. The van der Waals surface area contributed by atoms with E-state index in [1.165, 1.54) is 4.90 Å². The van der Waals surface area contributed by atoms with Gasteiger partial charge in [0.15, 0.2) is 5.96 Å². The summed E-state index contributed by atoms with van der Waals surface area (Å²) >= 11 is 0. The van der Waals surface area contributed by atoms with Crippen molar-refractivity contribution in [1.29, 1.82) is 0 Å². The number of allylic oxidation sites excluding steroid dienone is 2. The number of phenols is 1. The molecule has 2 unspecified atom stereocenters. The number of carbonyl (C=O) groups excluding carboxylic acids is 1. The monoisotopic (exact) mass is 339 g/mol. The van der Waals surface area contributed by atoms with Crippen LogP contribution in [0.25, 0.3) is 0 Å². The maximum absolute atomic E-state index is 12.2. The van der Waals surface area contributed by atoms with Crippen LogP contribution in [0.5, 0.6) is 5.75 Å². The first-order valence-corrected chi connectivity index (χ1v) is 8.52. The molecular weight excluding hydrogens is 314 g/mol. The van der Waals surface area contributed by atoms with E-state index in [0.29, 0.717) is 12.2 Å². The zero-order chi connectivity index (χ0) is 18.4. The van der Waals surface area contributed by atoms with Crippen molar-refractivity contribution in [3.05, 3.63) is 52.6 Å². The van der Waals surface area contributed by atoms with Crippen LogP contribution in [-0.2, 0) is 4.79 Å². The number of aromatic hydroxyl groups is 1. The number of rotatable bonds is 2. The Morgan fingerprint density at radius 3 is 2.56 bits per heavy atom. The maximum atomic E-state index is 12.2. The van der Waals surface area contributed by atoms with Crippen LogP contribution < -0.4 is 5.73 Å². The fourth-order valence-electron chi connectivity index (χ4n) is 3.55. The van der Waals surface area contributed by atoms with Gasteiger partial charge in [-0.05, 0) is 49.5 Å². The summed E-state index contributed by atoms with van der Waals surface area (Å²) in [5.41, 5.74) is 9.22. The summed E-state index contributed by atoms with van der Waals surface area (Å²) in [6, 6.07) is 4.06. The molecule has 3 rings (SSSR count). The van der Waals surface area contributed by atoms with Crippen molar-refractivity contribution in [1.82, 2.24) is 4.90 Å². The third-order valence-corrected chi connectivity index (χ3v) is 5.21. The number of hydrogen-bond acceptors (Lipinski definition) is 4. The van der Waals surface area contributed by atoms with Gasteiger partial charge in [-0.3, -0.25) is 9.69 Å². The first-order valence-electron chi connectivity index (χ1n) is 8.52. The molecule has 1 amide bonds. The Hall–Kier alpha value is -2.56. The van der Waals surface area contributed by atoms with Crippen molar-refractivity contribution in [2.45, 2.75) is 45.1 Å². The maximum Gasteiger partial charge on any atom is 0.231 e. The Bertz CT molecular complexity index is 799. The molecule has 132 valence electrons. The summed E-state index contributed by atoms with van der Waals surface area (Å²) in [4.78, 5) is 18.2. The number of nitrogens with two attached hydrogens (primary N) is 1. The standard InChI is InChI=1S/C20H25N3O2/c1-12-8-15(9-13(2)18(12)25)14-6-5-7-16(10-14)20(3)11-17(24)23(4)19(21)22-20/h5,7-10,14,25H,6,11H2,1-4H3,(H2,21,22). The minimum Gasteiger partial charge on any atom is -0.507 e. The van der Waals surface area contributed by atoms with Crippen LogP contribution in [0.1, 0.15) is 42.4 Å². The average Bonchev–Trinajstić information content (AvgIpc) is 2.57. The van der Waals surface area contributed by atoms with Gasteiger partial charge < -0.3 is 10.8 Å². The number of hydrogen-bond donors (Lipinski definition) is 2. The van der Waals surface area contributed by atoms with Crippen molar-refractivity contribution in [3.63, 3.8) is 0 Å². The lowest BCUT2D eigenvalue weighted by Gasteiger charge is -2.35. The molecule has 1 aliphatic heterocycles. The number of carbonyl (C=O) groups is 1. The molecule has 1 aromatic rings. The second kappa shape index (κ2) is 6.06. The second-order valence-electron chi connectivity index (χ2n) is 7.24. The Labute approximate surface area is 148 Å². The van der Waals surface area contributed by atoms with Crippen LogP contribution in [0, 0.1) is 13.8 Å². The van der Waals surface area contributed by atoms with Crippen LogP contribution in [-0.4, -0.2) is 34.5 Å². The molecule has 2 atom stereocenters. The van der Waals surface area contributed by atoms with Crippen molar-refractivity contribution >= 4 is 11.9 Å². The highest BCUT2D eigenvalue weighted by atomic mass is 16.3. The molecule has 0 bridgehead atoms. The van der Waals surface area contributed by atoms with Gasteiger partial charge in [0.1, 0.15) is 5.75 Å². The Kier molecular flexibility index (Phi) is 4.19. The molecular formula is C20H25N3O2. The molecule has 0 radical (unpaired) electrons. The predicted molar refractivity (Wildman–Crippen MR) is 99.6 cm³/mol. The summed E-state index contributed by atoms with van der Waals surface area (Å²) in [5, 5.41) is 10.0. The Morgan fingerprint density at radius 2 is 1.96 bits per heavy atom. The molecule has 25 heavy (non-hydrogen) atoms. The molecule has 5 heteroatoms. The Morgan fingerprint density at radius 1 is 1.32 bits per heavy atom. The van der Waals surface area contributed by atoms with E-state index >= 15 is 0 Å². The number of guanidine groups is 1. The third kappa shape index (κ3) is 3.06. The first-order chi connectivity index (χ1) is 11.7. The summed E-state index contributed by atoms with van der Waals surface area (Å²) in [5.74, 6) is 0.778. The minimum atomic E-state index is -0.635. The van der Waals surface area contributed by atoms with Crippen LogP contribution in [0.4, 0.5) is 0 Å². The molecule has 1 aliphatic carbocycles. The summed E-state index contributed by atoms with van der Waals surface area (Å²) < 4.78 is 0. The lowest BCUT2D eigenvalue weighted by molar-refractivity contribution is -0.128. The lowest BCUT2D eigenvalue weighted by Crippen LogP contribution is -2.49.